The Kier molecular flexibility index (Phi) is 7.95. The molecule has 1 aromatic rings. The average molecular weight is 466 g/mol. The number of likely N-dealkylation sites (tertiary alicyclic amines) is 1. The maximum Gasteiger partial charge on any atom is 0.310 e. The number of ether oxygens (including phenoxy) is 1. The molecule has 2 fully saturated rings. The average Bonchev–Trinajstić information content (AvgIpc) is 2.73. The van der Waals surface area contributed by atoms with Gasteiger partial charge in [0.05, 0.1) is 24.0 Å². The summed E-state index contributed by atoms with van der Waals surface area (Å²) in [5.74, 6) is -0.498. The molecule has 0 spiro atoms. The van der Waals surface area contributed by atoms with Gasteiger partial charge in [-0.3, -0.25) is 14.5 Å². The van der Waals surface area contributed by atoms with Crippen LogP contribution in [0.25, 0.3) is 0 Å². The zero-order valence-corrected chi connectivity index (χ0v) is 20.4. The molecule has 0 aliphatic carbocycles. The Morgan fingerprint density at radius 3 is 2.25 bits per heavy atom. The third-order valence-electron chi connectivity index (χ3n) is 6.29. The monoisotopic (exact) mass is 465 g/mol. The van der Waals surface area contributed by atoms with Crippen LogP contribution in [-0.2, 0) is 24.3 Å². The van der Waals surface area contributed by atoms with Gasteiger partial charge in [-0.25, -0.2) is 8.42 Å². The minimum Gasteiger partial charge on any atom is -0.466 e. The van der Waals surface area contributed by atoms with Crippen molar-refractivity contribution < 1.29 is 22.7 Å². The molecule has 8 nitrogen and oxygen atoms in total. The van der Waals surface area contributed by atoms with Crippen LogP contribution in [0.4, 0.5) is 0 Å². The van der Waals surface area contributed by atoms with E-state index in [2.05, 4.69) is 0 Å². The van der Waals surface area contributed by atoms with Crippen molar-refractivity contribution in [2.75, 3.05) is 52.4 Å². The van der Waals surface area contributed by atoms with Gasteiger partial charge >= 0.3 is 5.97 Å². The number of carbonyl (C=O) groups is 2. The van der Waals surface area contributed by atoms with Crippen molar-refractivity contribution in [2.45, 2.75) is 45.4 Å². The first-order valence-electron chi connectivity index (χ1n) is 11.4. The smallest absolute Gasteiger partial charge is 0.310 e. The number of piperazine rings is 1. The van der Waals surface area contributed by atoms with E-state index in [0.29, 0.717) is 50.8 Å². The molecule has 2 aliphatic rings. The number of nitrogens with zero attached hydrogens (tertiary/aromatic N) is 3. The lowest BCUT2D eigenvalue weighted by atomic mass is 9.98. The zero-order valence-electron chi connectivity index (χ0n) is 19.6. The normalized spacial score (nSPS) is 20.9. The van der Waals surface area contributed by atoms with Gasteiger partial charge in [0.25, 0.3) is 0 Å². The molecule has 9 heteroatoms. The van der Waals surface area contributed by atoms with E-state index in [1.807, 2.05) is 37.8 Å². The largest absolute Gasteiger partial charge is 0.466 e. The minimum atomic E-state index is -3.57. The maximum absolute atomic E-state index is 13.3. The summed E-state index contributed by atoms with van der Waals surface area (Å²) in [6.07, 6.45) is 1.54. The highest BCUT2D eigenvalue weighted by Crippen LogP contribution is 2.26. The van der Waals surface area contributed by atoms with E-state index >= 15 is 0 Å². The zero-order chi connectivity index (χ0) is 23.5. The van der Waals surface area contributed by atoms with Gasteiger partial charge in [-0.2, -0.15) is 4.31 Å². The van der Waals surface area contributed by atoms with E-state index in [1.54, 1.807) is 11.8 Å². The van der Waals surface area contributed by atoms with Crippen LogP contribution in [0, 0.1) is 26.7 Å². The predicted octanol–water partition coefficient (Wildman–Crippen LogP) is 1.72. The molecule has 32 heavy (non-hydrogen) atoms. The molecule has 0 aromatic heterocycles. The number of rotatable bonds is 6. The van der Waals surface area contributed by atoms with Gasteiger partial charge in [0.1, 0.15) is 0 Å². The highest BCUT2D eigenvalue weighted by molar-refractivity contribution is 7.89. The molecule has 1 atom stereocenters. The fraction of sp³-hybridized carbons (Fsp3) is 0.652. The van der Waals surface area contributed by atoms with Gasteiger partial charge in [-0.15, -0.1) is 0 Å². The third kappa shape index (κ3) is 5.50. The summed E-state index contributed by atoms with van der Waals surface area (Å²) in [4.78, 5) is 29.0. The second-order valence-corrected chi connectivity index (χ2v) is 10.7. The van der Waals surface area contributed by atoms with Crippen LogP contribution in [0.1, 0.15) is 36.5 Å². The van der Waals surface area contributed by atoms with Crippen LogP contribution in [0.3, 0.4) is 0 Å². The lowest BCUT2D eigenvalue weighted by Gasteiger charge is -2.36. The molecular weight excluding hydrogens is 430 g/mol. The molecule has 0 bridgehead atoms. The first kappa shape index (κ1) is 24.7. The molecule has 2 heterocycles. The van der Waals surface area contributed by atoms with Crippen molar-refractivity contribution in [3.05, 3.63) is 28.8 Å². The van der Waals surface area contributed by atoms with E-state index in [1.165, 1.54) is 4.31 Å². The van der Waals surface area contributed by atoms with Crippen LogP contribution in [-0.4, -0.2) is 86.8 Å². The first-order chi connectivity index (χ1) is 15.1. The van der Waals surface area contributed by atoms with Gasteiger partial charge in [0, 0.05) is 39.3 Å². The van der Waals surface area contributed by atoms with Crippen LogP contribution in [0.2, 0.25) is 0 Å². The van der Waals surface area contributed by atoms with Gasteiger partial charge in [-0.1, -0.05) is 17.7 Å². The number of aryl methyl sites for hydroxylation is 3. The fourth-order valence-corrected chi connectivity index (χ4v) is 6.61. The summed E-state index contributed by atoms with van der Waals surface area (Å²) < 4.78 is 33.2. The standard InChI is InChI=1S/C23H35N3O5S/c1-5-31-23(28)20-7-6-8-25(15-20)21(27)16-24-9-11-26(12-10-24)32(29,30)22-18(3)13-17(2)14-19(22)4/h13-14,20H,5-12,15-16H2,1-4H3/t20-/m1/s1. The molecule has 2 aliphatic heterocycles. The number of hydrogen-bond donors (Lipinski definition) is 0. The molecule has 1 aromatic carbocycles. The minimum absolute atomic E-state index is 0.0134. The van der Waals surface area contributed by atoms with Gasteiger partial charge in [-0.05, 0) is 51.7 Å². The van der Waals surface area contributed by atoms with Crippen LogP contribution < -0.4 is 0 Å². The maximum atomic E-state index is 13.3. The molecule has 0 N–H and O–H groups in total. The number of amides is 1. The summed E-state index contributed by atoms with van der Waals surface area (Å²) in [5, 5.41) is 0. The predicted molar refractivity (Wildman–Crippen MR) is 122 cm³/mol. The Hall–Kier alpha value is -1.97. The Labute approximate surface area is 191 Å². The van der Waals surface area contributed by atoms with Crippen molar-refractivity contribution in [1.82, 2.24) is 14.1 Å². The molecule has 1 amide bonds. The molecule has 0 saturated carbocycles. The van der Waals surface area contributed by atoms with Gasteiger partial charge < -0.3 is 9.64 Å². The van der Waals surface area contributed by atoms with Gasteiger partial charge in [0.2, 0.25) is 15.9 Å². The highest BCUT2D eigenvalue weighted by atomic mass is 32.2. The lowest BCUT2D eigenvalue weighted by molar-refractivity contribution is -0.151. The number of benzene rings is 1. The van der Waals surface area contributed by atoms with Crippen LogP contribution >= 0.6 is 0 Å². The molecule has 0 unspecified atom stereocenters. The molecule has 2 saturated heterocycles. The van der Waals surface area contributed by atoms with E-state index in [-0.39, 0.29) is 24.3 Å². The summed E-state index contributed by atoms with van der Waals surface area (Å²) in [7, 11) is -3.57. The SMILES string of the molecule is CCOC(=O)[C@@H]1CCCN(C(=O)CN2CCN(S(=O)(=O)c3c(C)cc(C)cc3C)CC2)C1. The Morgan fingerprint density at radius 2 is 1.66 bits per heavy atom. The van der Waals surface area contributed by atoms with E-state index in [0.717, 1.165) is 29.5 Å². The van der Waals surface area contributed by atoms with E-state index in [9.17, 15) is 18.0 Å². The number of sulfonamides is 1. The summed E-state index contributed by atoms with van der Waals surface area (Å²) >= 11 is 0. The van der Waals surface area contributed by atoms with E-state index in [4.69, 9.17) is 4.74 Å². The molecule has 0 radical (unpaired) electrons. The van der Waals surface area contributed by atoms with Crippen molar-refractivity contribution in [2.24, 2.45) is 5.92 Å². The van der Waals surface area contributed by atoms with Crippen LogP contribution in [0.5, 0.6) is 0 Å². The Morgan fingerprint density at radius 1 is 1.03 bits per heavy atom. The summed E-state index contributed by atoms with van der Waals surface area (Å²) in [5.41, 5.74) is 2.58. The van der Waals surface area contributed by atoms with Crippen molar-refractivity contribution in [3.63, 3.8) is 0 Å². The summed E-state index contributed by atoms with van der Waals surface area (Å²) in [6.45, 7) is 10.8. The quantitative estimate of drug-likeness (QED) is 0.595. The molecular formula is C23H35N3O5S. The highest BCUT2D eigenvalue weighted by Gasteiger charge is 2.33. The molecule has 3 rings (SSSR count). The fourth-order valence-electron chi connectivity index (χ4n) is 4.78. The first-order valence-corrected chi connectivity index (χ1v) is 12.8. The van der Waals surface area contributed by atoms with Gasteiger partial charge in [0.15, 0.2) is 0 Å². The second kappa shape index (κ2) is 10.3. The molecule has 178 valence electrons. The second-order valence-electron chi connectivity index (χ2n) is 8.84. The third-order valence-corrected chi connectivity index (χ3v) is 8.49. The van der Waals surface area contributed by atoms with Crippen molar-refractivity contribution >= 4 is 21.9 Å². The number of piperidine rings is 1. The topological polar surface area (TPSA) is 87.2 Å². The number of hydrogen-bond acceptors (Lipinski definition) is 6. The Bertz CT molecular complexity index is 931. The van der Waals surface area contributed by atoms with Crippen LogP contribution in [0.15, 0.2) is 17.0 Å². The summed E-state index contributed by atoms with van der Waals surface area (Å²) in [6, 6.07) is 3.80. The number of carbonyl (C=O) groups excluding carboxylic acids is 2. The number of esters is 1. The Balaban J connectivity index is 1.57. The van der Waals surface area contributed by atoms with Crippen molar-refractivity contribution in [3.8, 4) is 0 Å². The van der Waals surface area contributed by atoms with E-state index < -0.39 is 10.0 Å². The van der Waals surface area contributed by atoms with Crippen molar-refractivity contribution in [1.29, 1.82) is 0 Å². The lowest BCUT2D eigenvalue weighted by Crippen LogP contribution is -2.52.